The van der Waals surface area contributed by atoms with Crippen molar-refractivity contribution in [2.45, 2.75) is 17.9 Å². The maximum atomic E-state index is 12.1. The van der Waals surface area contributed by atoms with Gasteiger partial charge >= 0.3 is 6.03 Å². The van der Waals surface area contributed by atoms with Crippen molar-refractivity contribution in [3.63, 3.8) is 0 Å². The number of nitrogens with one attached hydrogen (secondary N) is 1. The van der Waals surface area contributed by atoms with Crippen LogP contribution in [0.3, 0.4) is 0 Å². The van der Waals surface area contributed by atoms with Gasteiger partial charge in [0.05, 0.1) is 23.5 Å². The number of carbonyl (C=O) groups excluding carboxylic acids is 1. The van der Waals surface area contributed by atoms with Gasteiger partial charge < -0.3 is 14.6 Å². The first kappa shape index (κ1) is 17.1. The lowest BCUT2D eigenvalue weighted by Gasteiger charge is -2.16. The van der Waals surface area contributed by atoms with E-state index in [1.165, 1.54) is 4.90 Å². The molecule has 2 rings (SSSR count). The minimum Gasteiger partial charge on any atom is -0.467 e. The highest BCUT2D eigenvalue weighted by molar-refractivity contribution is 7.91. The molecule has 0 unspecified atom stereocenters. The summed E-state index contributed by atoms with van der Waals surface area (Å²) < 4.78 is 29.3. The third-order valence-electron chi connectivity index (χ3n) is 3.29. The molecule has 7 heteroatoms. The van der Waals surface area contributed by atoms with Crippen LogP contribution in [0.15, 0.2) is 58.0 Å². The van der Waals surface area contributed by atoms with Crippen LogP contribution < -0.4 is 5.32 Å². The Kier molecular flexibility index (Phi) is 5.81. The predicted molar refractivity (Wildman–Crippen MR) is 86.7 cm³/mol. The van der Waals surface area contributed by atoms with Gasteiger partial charge in [0.15, 0.2) is 9.84 Å². The zero-order valence-electron chi connectivity index (χ0n) is 12.9. The van der Waals surface area contributed by atoms with Gasteiger partial charge in [-0.15, -0.1) is 0 Å². The van der Waals surface area contributed by atoms with E-state index in [2.05, 4.69) is 5.32 Å². The number of benzene rings is 1. The molecule has 0 aliphatic heterocycles. The quantitative estimate of drug-likeness (QED) is 0.787. The molecule has 124 valence electrons. The summed E-state index contributed by atoms with van der Waals surface area (Å²) >= 11 is 0. The van der Waals surface area contributed by atoms with Crippen molar-refractivity contribution in [3.8, 4) is 0 Å². The minimum absolute atomic E-state index is 0.000802. The number of furan rings is 1. The Hall–Kier alpha value is -2.28. The molecule has 2 amide bonds. The van der Waals surface area contributed by atoms with Gasteiger partial charge in [-0.05, 0) is 30.7 Å². The monoisotopic (exact) mass is 336 g/mol. The fraction of sp³-hybridized carbons (Fsp3) is 0.312. The summed E-state index contributed by atoms with van der Waals surface area (Å²) in [6.45, 7) is 0.661. The van der Waals surface area contributed by atoms with E-state index >= 15 is 0 Å². The molecular formula is C16H20N2O4S. The average molecular weight is 336 g/mol. The lowest BCUT2D eigenvalue weighted by Crippen LogP contribution is -2.37. The lowest BCUT2D eigenvalue weighted by molar-refractivity contribution is 0.203. The highest BCUT2D eigenvalue weighted by atomic mass is 32.2. The van der Waals surface area contributed by atoms with Gasteiger partial charge in [-0.3, -0.25) is 0 Å². The Morgan fingerprint density at radius 1 is 1.17 bits per heavy atom. The maximum absolute atomic E-state index is 12.1. The van der Waals surface area contributed by atoms with Crippen LogP contribution in [0.5, 0.6) is 0 Å². The van der Waals surface area contributed by atoms with Crippen LogP contribution in [0.4, 0.5) is 4.79 Å². The van der Waals surface area contributed by atoms with E-state index in [1.807, 2.05) is 0 Å². The van der Waals surface area contributed by atoms with Gasteiger partial charge in [-0.2, -0.15) is 0 Å². The Labute approximate surface area is 136 Å². The molecule has 2 aromatic rings. The summed E-state index contributed by atoms with van der Waals surface area (Å²) in [7, 11) is -1.65. The molecule has 0 saturated carbocycles. The molecule has 1 aromatic carbocycles. The topological polar surface area (TPSA) is 79.6 Å². The molecule has 1 aromatic heterocycles. The Morgan fingerprint density at radius 2 is 1.91 bits per heavy atom. The summed E-state index contributed by atoms with van der Waals surface area (Å²) in [6.07, 6.45) is 1.91. The second-order valence-electron chi connectivity index (χ2n) is 5.15. The molecule has 0 bridgehead atoms. The molecule has 0 fully saturated rings. The van der Waals surface area contributed by atoms with Crippen molar-refractivity contribution in [1.82, 2.24) is 10.2 Å². The summed E-state index contributed by atoms with van der Waals surface area (Å²) in [6, 6.07) is 11.6. The number of amides is 2. The molecule has 0 aliphatic carbocycles. The Balaban J connectivity index is 1.73. The van der Waals surface area contributed by atoms with Gasteiger partial charge in [-0.25, -0.2) is 13.2 Å². The smallest absolute Gasteiger partial charge is 0.317 e. The van der Waals surface area contributed by atoms with Crippen LogP contribution >= 0.6 is 0 Å². The normalized spacial score (nSPS) is 11.2. The molecule has 0 saturated heterocycles. The highest BCUT2D eigenvalue weighted by Gasteiger charge is 2.14. The zero-order valence-corrected chi connectivity index (χ0v) is 13.8. The zero-order chi connectivity index (χ0) is 16.7. The van der Waals surface area contributed by atoms with E-state index in [0.29, 0.717) is 30.2 Å². The third kappa shape index (κ3) is 5.14. The SMILES string of the molecule is CN(Cc1ccco1)C(=O)NCCCS(=O)(=O)c1ccccc1. The van der Waals surface area contributed by atoms with Crippen LogP contribution in [0.2, 0.25) is 0 Å². The van der Waals surface area contributed by atoms with Crippen molar-refractivity contribution in [2.24, 2.45) is 0 Å². The molecule has 0 radical (unpaired) electrons. The standard InChI is InChI=1S/C16H20N2O4S/c1-18(13-14-7-5-11-22-14)16(19)17-10-6-12-23(20,21)15-8-3-2-4-9-15/h2-5,7-9,11H,6,10,12-13H2,1H3,(H,17,19). The fourth-order valence-corrected chi connectivity index (χ4v) is 3.38. The lowest BCUT2D eigenvalue weighted by atomic mass is 10.4. The first-order valence-electron chi connectivity index (χ1n) is 7.28. The molecule has 0 aliphatic rings. The van der Waals surface area contributed by atoms with Crippen LogP contribution in [-0.2, 0) is 16.4 Å². The Bertz CT molecular complexity index is 712. The summed E-state index contributed by atoms with van der Waals surface area (Å²) in [4.78, 5) is 13.7. The van der Waals surface area contributed by atoms with Gasteiger partial charge in [0.25, 0.3) is 0 Å². The number of carbonyl (C=O) groups is 1. The molecule has 0 spiro atoms. The molecule has 6 nitrogen and oxygen atoms in total. The van der Waals surface area contributed by atoms with E-state index in [4.69, 9.17) is 4.42 Å². The molecular weight excluding hydrogens is 316 g/mol. The second kappa shape index (κ2) is 7.82. The second-order valence-corrected chi connectivity index (χ2v) is 7.26. The van der Waals surface area contributed by atoms with Gasteiger partial charge in [0.2, 0.25) is 0 Å². The van der Waals surface area contributed by atoms with Crippen LogP contribution in [-0.4, -0.2) is 38.7 Å². The number of nitrogens with zero attached hydrogens (tertiary/aromatic N) is 1. The summed E-state index contributed by atoms with van der Waals surface area (Å²) in [5.74, 6) is 0.688. The van der Waals surface area contributed by atoms with E-state index in [-0.39, 0.29) is 11.8 Å². The van der Waals surface area contributed by atoms with Gasteiger partial charge in [0, 0.05) is 13.6 Å². The molecule has 0 atom stereocenters. The maximum Gasteiger partial charge on any atom is 0.317 e. The number of rotatable bonds is 7. The van der Waals surface area contributed by atoms with Gasteiger partial charge in [-0.1, -0.05) is 18.2 Å². The number of hydrogen-bond acceptors (Lipinski definition) is 4. The minimum atomic E-state index is -3.30. The molecule has 23 heavy (non-hydrogen) atoms. The van der Waals surface area contributed by atoms with Crippen LogP contribution in [0.25, 0.3) is 0 Å². The van der Waals surface area contributed by atoms with E-state index in [1.54, 1.807) is 55.8 Å². The number of hydrogen-bond donors (Lipinski definition) is 1. The van der Waals surface area contributed by atoms with Crippen LogP contribution in [0, 0.1) is 0 Å². The Morgan fingerprint density at radius 3 is 2.57 bits per heavy atom. The largest absolute Gasteiger partial charge is 0.467 e. The van der Waals surface area contributed by atoms with Crippen molar-refractivity contribution in [2.75, 3.05) is 19.3 Å². The van der Waals surface area contributed by atoms with Crippen molar-refractivity contribution < 1.29 is 17.6 Å². The predicted octanol–water partition coefficient (Wildman–Crippen LogP) is 2.29. The number of sulfone groups is 1. The van der Waals surface area contributed by atoms with E-state index < -0.39 is 9.84 Å². The van der Waals surface area contributed by atoms with Crippen LogP contribution in [0.1, 0.15) is 12.2 Å². The van der Waals surface area contributed by atoms with E-state index in [0.717, 1.165) is 0 Å². The fourth-order valence-electron chi connectivity index (χ4n) is 2.05. The third-order valence-corrected chi connectivity index (χ3v) is 5.10. The van der Waals surface area contributed by atoms with Crippen molar-refractivity contribution in [3.05, 3.63) is 54.5 Å². The molecule has 1 heterocycles. The number of urea groups is 1. The first-order chi connectivity index (χ1) is 11.0. The highest BCUT2D eigenvalue weighted by Crippen LogP contribution is 2.10. The van der Waals surface area contributed by atoms with Crippen molar-refractivity contribution >= 4 is 15.9 Å². The molecule has 1 N–H and O–H groups in total. The first-order valence-corrected chi connectivity index (χ1v) is 8.93. The summed E-state index contributed by atoms with van der Waals surface area (Å²) in [5, 5.41) is 2.70. The van der Waals surface area contributed by atoms with Gasteiger partial charge in [0.1, 0.15) is 5.76 Å². The van der Waals surface area contributed by atoms with E-state index in [9.17, 15) is 13.2 Å². The summed E-state index contributed by atoms with van der Waals surface area (Å²) in [5.41, 5.74) is 0. The average Bonchev–Trinajstić information content (AvgIpc) is 3.05. The van der Waals surface area contributed by atoms with Crippen molar-refractivity contribution in [1.29, 1.82) is 0 Å².